The molecule has 2 aromatic rings. The van der Waals surface area contributed by atoms with E-state index in [1.807, 2.05) is 12.4 Å². The predicted octanol–water partition coefficient (Wildman–Crippen LogP) is 1.20. The maximum atomic E-state index is 4.28. The first-order valence-corrected chi connectivity index (χ1v) is 5.91. The van der Waals surface area contributed by atoms with E-state index < -0.39 is 0 Å². The first-order chi connectivity index (χ1) is 8.40. The molecule has 0 bridgehead atoms. The van der Waals surface area contributed by atoms with Gasteiger partial charge in [0.15, 0.2) is 5.82 Å². The summed E-state index contributed by atoms with van der Waals surface area (Å²) in [6, 6.07) is 0. The summed E-state index contributed by atoms with van der Waals surface area (Å²) in [5, 5.41) is 7.59. The molecule has 0 atom stereocenters. The molecule has 0 fully saturated rings. The summed E-state index contributed by atoms with van der Waals surface area (Å²) in [5.74, 6) is 0.755. The number of rotatable bonds is 6. The van der Waals surface area contributed by atoms with Crippen LogP contribution < -0.4 is 5.32 Å². The van der Waals surface area contributed by atoms with Crippen molar-refractivity contribution in [3.8, 4) is 5.82 Å². The van der Waals surface area contributed by atoms with Crippen molar-refractivity contribution >= 4 is 0 Å². The molecule has 5 nitrogen and oxygen atoms in total. The summed E-state index contributed by atoms with van der Waals surface area (Å²) < 4.78 is 1.76. The first kappa shape index (κ1) is 11.7. The van der Waals surface area contributed by atoms with Gasteiger partial charge in [0.25, 0.3) is 0 Å². The maximum Gasteiger partial charge on any atom is 0.171 e. The molecule has 90 valence electrons. The largest absolute Gasteiger partial charge is 0.317 e. The lowest BCUT2D eigenvalue weighted by Crippen LogP contribution is -2.14. The van der Waals surface area contributed by atoms with E-state index in [1.165, 1.54) is 5.56 Å². The van der Waals surface area contributed by atoms with Crippen LogP contribution in [0.2, 0.25) is 0 Å². The van der Waals surface area contributed by atoms with E-state index >= 15 is 0 Å². The average Bonchev–Trinajstić information content (AvgIpc) is 2.85. The fourth-order valence-electron chi connectivity index (χ4n) is 1.62. The molecule has 0 aliphatic heterocycles. The molecule has 1 N–H and O–H groups in total. The fourth-order valence-corrected chi connectivity index (χ4v) is 1.62. The molecule has 0 saturated carbocycles. The van der Waals surface area contributed by atoms with Gasteiger partial charge < -0.3 is 5.32 Å². The van der Waals surface area contributed by atoms with Gasteiger partial charge in [-0.15, -0.1) is 0 Å². The lowest BCUT2D eigenvalue weighted by Gasteiger charge is -1.99. The Balaban J connectivity index is 1.92. The highest BCUT2D eigenvalue weighted by Gasteiger charge is 2.01. The zero-order valence-electron chi connectivity index (χ0n) is 10.0. The molecule has 0 amide bonds. The molecule has 0 radical (unpaired) electrons. The second-order valence-electron chi connectivity index (χ2n) is 3.81. The van der Waals surface area contributed by atoms with Gasteiger partial charge in [0.1, 0.15) is 0 Å². The Morgan fingerprint density at radius 1 is 1.29 bits per heavy atom. The Hall–Kier alpha value is -1.75. The highest BCUT2D eigenvalue weighted by molar-refractivity contribution is 5.18. The van der Waals surface area contributed by atoms with Gasteiger partial charge in [-0.3, -0.25) is 4.98 Å². The summed E-state index contributed by atoms with van der Waals surface area (Å²) in [6.07, 6.45) is 11.1. The minimum Gasteiger partial charge on any atom is -0.317 e. The van der Waals surface area contributed by atoms with Gasteiger partial charge >= 0.3 is 0 Å². The summed E-state index contributed by atoms with van der Waals surface area (Å²) in [4.78, 5) is 8.22. The number of hydrogen-bond acceptors (Lipinski definition) is 4. The molecular weight excluding hydrogens is 214 g/mol. The van der Waals surface area contributed by atoms with Crippen LogP contribution in [0.4, 0.5) is 0 Å². The van der Waals surface area contributed by atoms with Gasteiger partial charge in [0.05, 0.1) is 12.4 Å². The molecule has 0 aromatic carbocycles. The van der Waals surface area contributed by atoms with Crippen molar-refractivity contribution < 1.29 is 0 Å². The van der Waals surface area contributed by atoms with E-state index in [9.17, 15) is 0 Å². The smallest absolute Gasteiger partial charge is 0.171 e. The molecular formula is C12H17N5. The van der Waals surface area contributed by atoms with E-state index in [-0.39, 0.29) is 0 Å². The third-order valence-corrected chi connectivity index (χ3v) is 2.49. The van der Waals surface area contributed by atoms with E-state index in [1.54, 1.807) is 23.3 Å². The van der Waals surface area contributed by atoms with Gasteiger partial charge in [-0.1, -0.05) is 6.92 Å². The molecule has 2 aromatic heterocycles. The summed E-state index contributed by atoms with van der Waals surface area (Å²) in [6.45, 7) is 4.19. The minimum atomic E-state index is 0.755. The van der Waals surface area contributed by atoms with Crippen molar-refractivity contribution in [2.24, 2.45) is 0 Å². The van der Waals surface area contributed by atoms with Gasteiger partial charge in [0, 0.05) is 18.6 Å². The number of hydrogen-bond donors (Lipinski definition) is 1. The zero-order valence-corrected chi connectivity index (χ0v) is 10.0. The van der Waals surface area contributed by atoms with Crippen molar-refractivity contribution in [3.05, 3.63) is 36.5 Å². The van der Waals surface area contributed by atoms with E-state index in [2.05, 4.69) is 27.3 Å². The van der Waals surface area contributed by atoms with Crippen LogP contribution in [0.3, 0.4) is 0 Å². The highest BCUT2D eigenvalue weighted by Crippen LogP contribution is 2.05. The van der Waals surface area contributed by atoms with Gasteiger partial charge in [-0.25, -0.2) is 9.67 Å². The van der Waals surface area contributed by atoms with Gasteiger partial charge in [-0.2, -0.15) is 5.10 Å². The fraction of sp³-hybridized carbons (Fsp3) is 0.417. The molecule has 2 heterocycles. The topological polar surface area (TPSA) is 55.6 Å². The van der Waals surface area contributed by atoms with Crippen LogP contribution in [-0.4, -0.2) is 32.8 Å². The molecule has 2 rings (SSSR count). The van der Waals surface area contributed by atoms with Crippen LogP contribution in [0, 0.1) is 0 Å². The lowest BCUT2D eigenvalue weighted by molar-refractivity contribution is 0.672. The predicted molar refractivity (Wildman–Crippen MR) is 66.0 cm³/mol. The summed E-state index contributed by atoms with van der Waals surface area (Å²) >= 11 is 0. The van der Waals surface area contributed by atoms with Crippen molar-refractivity contribution in [2.45, 2.75) is 19.8 Å². The molecule has 0 aliphatic carbocycles. The average molecular weight is 231 g/mol. The monoisotopic (exact) mass is 231 g/mol. The second-order valence-corrected chi connectivity index (χ2v) is 3.81. The Bertz CT molecular complexity index is 437. The van der Waals surface area contributed by atoms with Crippen LogP contribution in [0.1, 0.15) is 18.9 Å². The Morgan fingerprint density at radius 2 is 2.24 bits per heavy atom. The van der Waals surface area contributed by atoms with E-state index in [0.717, 1.165) is 31.7 Å². The van der Waals surface area contributed by atoms with Crippen molar-refractivity contribution in [2.75, 3.05) is 13.1 Å². The zero-order chi connectivity index (χ0) is 11.9. The lowest BCUT2D eigenvalue weighted by atomic mass is 10.2. The van der Waals surface area contributed by atoms with Crippen molar-refractivity contribution in [1.29, 1.82) is 0 Å². The number of aromatic nitrogens is 4. The standard InChI is InChI=1S/C12H17N5/c1-2-13-5-3-4-11-8-16-17(10-11)12-9-14-6-7-15-12/h6-10,13H,2-5H2,1H3. The molecule has 0 unspecified atom stereocenters. The quantitative estimate of drug-likeness (QED) is 0.759. The first-order valence-electron chi connectivity index (χ1n) is 5.91. The molecule has 0 aliphatic rings. The summed E-state index contributed by atoms with van der Waals surface area (Å²) in [7, 11) is 0. The molecule has 0 saturated heterocycles. The third kappa shape index (κ3) is 3.35. The van der Waals surface area contributed by atoms with Gasteiger partial charge in [-0.05, 0) is 31.5 Å². The number of nitrogens with one attached hydrogen (secondary N) is 1. The van der Waals surface area contributed by atoms with Crippen LogP contribution in [0.5, 0.6) is 0 Å². The van der Waals surface area contributed by atoms with Crippen LogP contribution >= 0.6 is 0 Å². The Morgan fingerprint density at radius 3 is 3.00 bits per heavy atom. The van der Waals surface area contributed by atoms with Crippen molar-refractivity contribution in [1.82, 2.24) is 25.1 Å². The normalized spacial score (nSPS) is 10.6. The highest BCUT2D eigenvalue weighted by atomic mass is 15.3. The third-order valence-electron chi connectivity index (χ3n) is 2.49. The molecule has 17 heavy (non-hydrogen) atoms. The van der Waals surface area contributed by atoms with E-state index in [0.29, 0.717) is 0 Å². The van der Waals surface area contributed by atoms with Crippen LogP contribution in [-0.2, 0) is 6.42 Å². The maximum absolute atomic E-state index is 4.28. The Labute approximate surface area is 101 Å². The number of aryl methyl sites for hydroxylation is 1. The van der Waals surface area contributed by atoms with E-state index in [4.69, 9.17) is 0 Å². The van der Waals surface area contributed by atoms with Crippen LogP contribution in [0.15, 0.2) is 31.0 Å². The van der Waals surface area contributed by atoms with Crippen molar-refractivity contribution in [3.63, 3.8) is 0 Å². The molecule has 0 spiro atoms. The minimum absolute atomic E-state index is 0.755. The summed E-state index contributed by atoms with van der Waals surface area (Å²) in [5.41, 5.74) is 1.23. The SMILES string of the molecule is CCNCCCc1cnn(-c2cnccn2)c1. The van der Waals surface area contributed by atoms with Gasteiger partial charge in [0.2, 0.25) is 0 Å². The second kappa shape index (κ2) is 6.10. The van der Waals surface area contributed by atoms with Crippen LogP contribution in [0.25, 0.3) is 5.82 Å². The number of nitrogens with zero attached hydrogens (tertiary/aromatic N) is 4. The Kier molecular flexibility index (Phi) is 4.21. The molecule has 5 heteroatoms.